The van der Waals surface area contributed by atoms with E-state index in [9.17, 15) is 4.79 Å². The van der Waals surface area contributed by atoms with Crippen molar-refractivity contribution in [1.29, 1.82) is 0 Å². The summed E-state index contributed by atoms with van der Waals surface area (Å²) in [5.74, 6) is -0.959. The van der Waals surface area contributed by atoms with Gasteiger partial charge < -0.3 is 10.4 Å². The summed E-state index contributed by atoms with van der Waals surface area (Å²) in [5, 5.41) is 11.4. The molecule has 0 saturated heterocycles. The minimum absolute atomic E-state index is 0.176. The van der Waals surface area contributed by atoms with Gasteiger partial charge in [0.2, 0.25) is 0 Å². The first kappa shape index (κ1) is 9.17. The second-order valence-corrected chi connectivity index (χ2v) is 2.66. The molecule has 0 aliphatic heterocycles. The lowest BCUT2D eigenvalue weighted by Crippen LogP contribution is -2.40. The Morgan fingerprint density at radius 1 is 1.60 bits per heavy atom. The fourth-order valence-corrected chi connectivity index (χ4v) is 0.418. The maximum absolute atomic E-state index is 10.4. The first-order chi connectivity index (χ1) is 4.41. The van der Waals surface area contributed by atoms with E-state index in [0.717, 1.165) is 0 Å². The maximum atomic E-state index is 10.4. The highest BCUT2D eigenvalue weighted by Gasteiger charge is 2.23. The molecule has 0 bridgehead atoms. The highest BCUT2D eigenvalue weighted by Crippen LogP contribution is 2.12. The smallest absolute Gasteiger partial charge is 0.332 e. The molecule has 0 atom stereocenters. The topological polar surface area (TPSA) is 49.3 Å². The van der Waals surface area contributed by atoms with Gasteiger partial charge in [0.1, 0.15) is 0 Å². The van der Waals surface area contributed by atoms with Gasteiger partial charge in [-0.3, -0.25) is 0 Å². The molecule has 3 nitrogen and oxygen atoms in total. The van der Waals surface area contributed by atoms with Gasteiger partial charge in [0.05, 0.1) is 0 Å². The largest absolute Gasteiger partial charge is 0.478 e. The van der Waals surface area contributed by atoms with Crippen molar-refractivity contribution < 1.29 is 9.90 Å². The van der Waals surface area contributed by atoms with Crippen LogP contribution in [0.2, 0.25) is 0 Å². The van der Waals surface area contributed by atoms with Crippen molar-refractivity contribution in [3.8, 4) is 0 Å². The Kier molecular flexibility index (Phi) is 2.60. The van der Waals surface area contributed by atoms with Crippen LogP contribution in [0.5, 0.6) is 0 Å². The predicted molar refractivity (Wildman–Crippen MR) is 39.9 cm³/mol. The molecule has 0 unspecified atom stereocenters. The van der Waals surface area contributed by atoms with Crippen LogP contribution in [0.1, 0.15) is 13.8 Å². The van der Waals surface area contributed by atoms with Gasteiger partial charge in [-0.1, -0.05) is 6.58 Å². The summed E-state index contributed by atoms with van der Waals surface area (Å²) in [4.78, 5) is 10.4. The Bertz CT molecular complexity index is 161. The van der Waals surface area contributed by atoms with Crippen molar-refractivity contribution in [2.75, 3.05) is 7.05 Å². The Labute approximate surface area is 60.7 Å². The third kappa shape index (κ3) is 1.84. The molecule has 0 aliphatic rings. The fourth-order valence-electron chi connectivity index (χ4n) is 0.418. The van der Waals surface area contributed by atoms with E-state index in [1.54, 1.807) is 20.9 Å². The summed E-state index contributed by atoms with van der Waals surface area (Å²) in [7, 11) is 1.70. The SMILES string of the molecule is C=C(C(=O)O)C(C)(C)NC. The summed E-state index contributed by atoms with van der Waals surface area (Å²) in [6.07, 6.45) is 0. The summed E-state index contributed by atoms with van der Waals surface area (Å²) in [6.45, 7) is 6.97. The summed E-state index contributed by atoms with van der Waals surface area (Å²) >= 11 is 0. The molecule has 0 aromatic rings. The van der Waals surface area contributed by atoms with Crippen LogP contribution in [0.25, 0.3) is 0 Å². The first-order valence-corrected chi connectivity index (χ1v) is 3.03. The Morgan fingerprint density at radius 2 is 2.00 bits per heavy atom. The number of hydrogen-bond acceptors (Lipinski definition) is 2. The summed E-state index contributed by atoms with van der Waals surface area (Å²) in [5.41, 5.74) is -0.346. The number of aliphatic carboxylic acids is 1. The molecule has 0 aliphatic carbocycles. The maximum Gasteiger partial charge on any atom is 0.332 e. The molecule has 0 rings (SSSR count). The van der Waals surface area contributed by atoms with E-state index in [2.05, 4.69) is 11.9 Å². The van der Waals surface area contributed by atoms with Crippen molar-refractivity contribution in [3.05, 3.63) is 12.2 Å². The van der Waals surface area contributed by atoms with Gasteiger partial charge >= 0.3 is 5.97 Å². The first-order valence-electron chi connectivity index (χ1n) is 3.03. The lowest BCUT2D eigenvalue weighted by Gasteiger charge is -2.23. The number of nitrogens with one attached hydrogen (secondary N) is 1. The van der Waals surface area contributed by atoms with Crippen LogP contribution in [-0.4, -0.2) is 23.7 Å². The van der Waals surface area contributed by atoms with Crippen LogP contribution in [0.3, 0.4) is 0 Å². The standard InChI is InChI=1S/C7H13NO2/c1-5(6(9)10)7(2,3)8-4/h8H,1H2,2-4H3,(H,9,10). The third-order valence-corrected chi connectivity index (χ3v) is 1.64. The van der Waals surface area contributed by atoms with Crippen LogP contribution < -0.4 is 5.32 Å². The number of rotatable bonds is 3. The normalized spacial score (nSPS) is 11.1. The second kappa shape index (κ2) is 2.84. The highest BCUT2D eigenvalue weighted by atomic mass is 16.4. The van der Waals surface area contributed by atoms with Crippen molar-refractivity contribution in [2.45, 2.75) is 19.4 Å². The molecule has 2 N–H and O–H groups in total. The molecule has 0 heterocycles. The zero-order chi connectivity index (χ0) is 8.36. The number of likely N-dealkylation sites (N-methyl/N-ethyl adjacent to an activating group) is 1. The van der Waals surface area contributed by atoms with E-state index < -0.39 is 11.5 Å². The Morgan fingerprint density at radius 3 is 2.10 bits per heavy atom. The second-order valence-electron chi connectivity index (χ2n) is 2.66. The van der Waals surface area contributed by atoms with Crippen LogP contribution in [-0.2, 0) is 4.79 Å². The summed E-state index contributed by atoms with van der Waals surface area (Å²) in [6, 6.07) is 0. The predicted octanol–water partition coefficient (Wildman–Crippen LogP) is 0.625. The quantitative estimate of drug-likeness (QED) is 0.569. The lowest BCUT2D eigenvalue weighted by molar-refractivity contribution is -0.133. The molecule has 0 aromatic carbocycles. The molecule has 0 spiro atoms. The third-order valence-electron chi connectivity index (χ3n) is 1.64. The molecule has 3 heteroatoms. The number of carbonyl (C=O) groups is 1. The van der Waals surface area contributed by atoms with Crippen molar-refractivity contribution >= 4 is 5.97 Å². The van der Waals surface area contributed by atoms with Crippen LogP contribution in [0.15, 0.2) is 12.2 Å². The van der Waals surface area contributed by atoms with E-state index >= 15 is 0 Å². The van der Waals surface area contributed by atoms with E-state index in [4.69, 9.17) is 5.11 Å². The average molecular weight is 143 g/mol. The zero-order valence-electron chi connectivity index (χ0n) is 6.56. The number of carboxylic acids is 1. The van der Waals surface area contributed by atoms with Gasteiger partial charge in [-0.25, -0.2) is 4.79 Å². The van der Waals surface area contributed by atoms with Gasteiger partial charge in [0.25, 0.3) is 0 Å². The van der Waals surface area contributed by atoms with E-state index in [0.29, 0.717) is 0 Å². The zero-order valence-corrected chi connectivity index (χ0v) is 6.56. The average Bonchev–Trinajstić information content (AvgIpc) is 1.86. The molecule has 0 amide bonds. The van der Waals surface area contributed by atoms with Crippen LogP contribution >= 0.6 is 0 Å². The molecular formula is C7H13NO2. The fraction of sp³-hybridized carbons (Fsp3) is 0.571. The lowest BCUT2D eigenvalue weighted by atomic mass is 9.96. The molecular weight excluding hydrogens is 130 g/mol. The summed E-state index contributed by atoms with van der Waals surface area (Å²) < 4.78 is 0. The molecule has 0 fully saturated rings. The Balaban J connectivity index is 4.33. The number of carboxylic acid groups (broad SMARTS) is 1. The van der Waals surface area contributed by atoms with Crippen LogP contribution in [0, 0.1) is 0 Å². The molecule has 0 radical (unpaired) electrons. The van der Waals surface area contributed by atoms with Gasteiger partial charge in [-0.2, -0.15) is 0 Å². The highest BCUT2D eigenvalue weighted by molar-refractivity contribution is 5.88. The van der Waals surface area contributed by atoms with Crippen molar-refractivity contribution in [3.63, 3.8) is 0 Å². The Hall–Kier alpha value is -0.830. The molecule has 0 aromatic heterocycles. The van der Waals surface area contributed by atoms with Crippen molar-refractivity contribution in [2.24, 2.45) is 0 Å². The molecule has 10 heavy (non-hydrogen) atoms. The number of hydrogen-bond donors (Lipinski definition) is 2. The van der Waals surface area contributed by atoms with E-state index in [1.807, 2.05) is 0 Å². The van der Waals surface area contributed by atoms with Gasteiger partial charge in [0.15, 0.2) is 0 Å². The van der Waals surface area contributed by atoms with Crippen molar-refractivity contribution in [1.82, 2.24) is 5.32 Å². The molecule has 0 saturated carbocycles. The van der Waals surface area contributed by atoms with Gasteiger partial charge in [0, 0.05) is 11.1 Å². The van der Waals surface area contributed by atoms with Crippen LogP contribution in [0.4, 0.5) is 0 Å². The van der Waals surface area contributed by atoms with E-state index in [-0.39, 0.29) is 5.57 Å². The molecule has 58 valence electrons. The minimum Gasteiger partial charge on any atom is -0.478 e. The van der Waals surface area contributed by atoms with Gasteiger partial charge in [-0.05, 0) is 20.9 Å². The van der Waals surface area contributed by atoms with E-state index in [1.165, 1.54) is 0 Å². The van der Waals surface area contributed by atoms with Gasteiger partial charge in [-0.15, -0.1) is 0 Å². The monoisotopic (exact) mass is 143 g/mol. The minimum atomic E-state index is -0.959.